The van der Waals surface area contributed by atoms with Gasteiger partial charge in [0.2, 0.25) is 0 Å². The van der Waals surface area contributed by atoms with Crippen LogP contribution in [0.2, 0.25) is 5.15 Å². The van der Waals surface area contributed by atoms with Crippen molar-refractivity contribution in [2.75, 3.05) is 5.32 Å². The molecule has 0 aromatic carbocycles. The summed E-state index contributed by atoms with van der Waals surface area (Å²) in [4.78, 5) is 18.4. The largest absolute Gasteiger partial charge is 0.365 e. The topological polar surface area (TPSA) is 54.9 Å². The summed E-state index contributed by atoms with van der Waals surface area (Å²) >= 11 is 5.74. The van der Waals surface area contributed by atoms with Gasteiger partial charge in [-0.05, 0) is 20.8 Å². The van der Waals surface area contributed by atoms with Crippen molar-refractivity contribution in [3.8, 4) is 0 Å². The van der Waals surface area contributed by atoms with Gasteiger partial charge in [-0.3, -0.25) is 4.79 Å². The van der Waals surface area contributed by atoms with Gasteiger partial charge in [0, 0.05) is 5.54 Å². The van der Waals surface area contributed by atoms with Gasteiger partial charge >= 0.3 is 0 Å². The number of aldehydes is 1. The smallest absolute Gasteiger partial charge is 0.156 e. The average Bonchev–Trinajstić information content (AvgIpc) is 2.01. The van der Waals surface area contributed by atoms with Gasteiger partial charge in [-0.25, -0.2) is 9.97 Å². The fourth-order valence-corrected chi connectivity index (χ4v) is 1.11. The number of anilines is 1. The molecule has 0 radical (unpaired) electrons. The predicted octanol–water partition coefficient (Wildman–Crippen LogP) is 2.15. The molecule has 0 amide bonds. The van der Waals surface area contributed by atoms with Crippen LogP contribution in [-0.4, -0.2) is 21.8 Å². The van der Waals surface area contributed by atoms with E-state index in [-0.39, 0.29) is 10.7 Å². The van der Waals surface area contributed by atoms with Crippen LogP contribution in [-0.2, 0) is 0 Å². The van der Waals surface area contributed by atoms with Gasteiger partial charge in [-0.2, -0.15) is 0 Å². The molecule has 0 atom stereocenters. The van der Waals surface area contributed by atoms with E-state index in [9.17, 15) is 4.79 Å². The van der Waals surface area contributed by atoms with Crippen LogP contribution >= 0.6 is 11.6 Å². The highest BCUT2D eigenvalue weighted by Gasteiger charge is 2.15. The van der Waals surface area contributed by atoms with Crippen LogP contribution in [0.5, 0.6) is 0 Å². The molecule has 0 aliphatic carbocycles. The highest BCUT2D eigenvalue weighted by Crippen LogP contribution is 2.20. The molecule has 76 valence electrons. The van der Waals surface area contributed by atoms with Crippen LogP contribution in [0.3, 0.4) is 0 Å². The summed E-state index contributed by atoms with van der Waals surface area (Å²) in [6, 6.07) is 0. The third kappa shape index (κ3) is 2.67. The monoisotopic (exact) mass is 213 g/mol. The maximum Gasteiger partial charge on any atom is 0.156 e. The molecule has 4 nitrogen and oxygen atoms in total. The van der Waals surface area contributed by atoms with Gasteiger partial charge in [-0.1, -0.05) is 11.6 Å². The SMILES string of the molecule is CC(C)(C)Nc1ncnc(Cl)c1C=O. The molecule has 1 heterocycles. The van der Waals surface area contributed by atoms with E-state index in [1.54, 1.807) is 0 Å². The predicted molar refractivity (Wildman–Crippen MR) is 55.8 cm³/mol. The van der Waals surface area contributed by atoms with Crippen molar-refractivity contribution in [3.05, 3.63) is 17.0 Å². The summed E-state index contributed by atoms with van der Waals surface area (Å²) in [5.74, 6) is 0.465. The Morgan fingerprint density at radius 2 is 2.07 bits per heavy atom. The van der Waals surface area contributed by atoms with Crippen molar-refractivity contribution in [1.82, 2.24) is 9.97 Å². The fourth-order valence-electron chi connectivity index (χ4n) is 0.933. The lowest BCUT2D eigenvalue weighted by Crippen LogP contribution is -2.27. The van der Waals surface area contributed by atoms with Crippen molar-refractivity contribution in [2.45, 2.75) is 26.3 Å². The molecule has 0 saturated carbocycles. The molecule has 5 heteroatoms. The van der Waals surface area contributed by atoms with Crippen molar-refractivity contribution < 1.29 is 4.79 Å². The number of nitrogens with zero attached hydrogens (tertiary/aromatic N) is 2. The Labute approximate surface area is 87.7 Å². The number of nitrogens with one attached hydrogen (secondary N) is 1. The van der Waals surface area contributed by atoms with Crippen LogP contribution in [0, 0.1) is 0 Å². The Balaban J connectivity index is 3.08. The van der Waals surface area contributed by atoms with Crippen LogP contribution < -0.4 is 5.32 Å². The second-order valence-electron chi connectivity index (χ2n) is 3.92. The van der Waals surface area contributed by atoms with Crippen LogP contribution in [0.15, 0.2) is 6.33 Å². The number of hydrogen-bond donors (Lipinski definition) is 1. The lowest BCUT2D eigenvalue weighted by Gasteiger charge is -2.21. The summed E-state index contributed by atoms with van der Waals surface area (Å²) < 4.78 is 0. The summed E-state index contributed by atoms with van der Waals surface area (Å²) in [5.41, 5.74) is 0.124. The molecule has 1 N–H and O–H groups in total. The number of rotatable bonds is 2. The Morgan fingerprint density at radius 1 is 1.43 bits per heavy atom. The normalized spacial score (nSPS) is 11.1. The standard InChI is InChI=1S/C9H12ClN3O/c1-9(2,3)13-8-6(4-14)7(10)11-5-12-8/h4-5H,1-3H3,(H,11,12,13). The van der Waals surface area contributed by atoms with Gasteiger partial charge in [0.15, 0.2) is 6.29 Å². The summed E-state index contributed by atoms with van der Waals surface area (Å²) in [5, 5.41) is 3.24. The highest BCUT2D eigenvalue weighted by atomic mass is 35.5. The minimum Gasteiger partial charge on any atom is -0.365 e. The zero-order chi connectivity index (χ0) is 10.8. The first kappa shape index (κ1) is 10.9. The Bertz CT molecular complexity index is 346. The Hall–Kier alpha value is -1.16. The van der Waals surface area contributed by atoms with Gasteiger partial charge in [-0.15, -0.1) is 0 Å². The zero-order valence-corrected chi connectivity index (χ0v) is 9.09. The molecule has 0 saturated heterocycles. The first-order valence-corrected chi connectivity index (χ1v) is 4.55. The van der Waals surface area contributed by atoms with Gasteiger partial charge in [0.1, 0.15) is 17.3 Å². The van der Waals surface area contributed by atoms with Crippen molar-refractivity contribution >= 4 is 23.7 Å². The number of carbonyl (C=O) groups excluding carboxylic acids is 1. The molecule has 14 heavy (non-hydrogen) atoms. The van der Waals surface area contributed by atoms with Gasteiger partial charge in [0.05, 0.1) is 5.56 Å². The van der Waals surface area contributed by atoms with Crippen molar-refractivity contribution in [3.63, 3.8) is 0 Å². The van der Waals surface area contributed by atoms with E-state index in [1.807, 2.05) is 20.8 Å². The number of halogens is 1. The summed E-state index contributed by atoms with van der Waals surface area (Å²) in [7, 11) is 0. The van der Waals surface area contributed by atoms with Gasteiger partial charge < -0.3 is 5.32 Å². The third-order valence-corrected chi connectivity index (χ3v) is 1.75. The highest BCUT2D eigenvalue weighted by molar-refractivity contribution is 6.32. The second kappa shape index (κ2) is 3.92. The van der Waals surface area contributed by atoms with Crippen molar-refractivity contribution in [2.24, 2.45) is 0 Å². The zero-order valence-electron chi connectivity index (χ0n) is 8.34. The van der Waals surface area contributed by atoms with E-state index < -0.39 is 0 Å². The molecule has 1 aromatic heterocycles. The minimum atomic E-state index is -0.171. The second-order valence-corrected chi connectivity index (χ2v) is 4.28. The maximum atomic E-state index is 10.7. The quantitative estimate of drug-likeness (QED) is 0.604. The van der Waals surface area contributed by atoms with E-state index in [1.165, 1.54) is 6.33 Å². The van der Waals surface area contributed by atoms with Gasteiger partial charge in [0.25, 0.3) is 0 Å². The van der Waals surface area contributed by atoms with Crippen LogP contribution in [0.1, 0.15) is 31.1 Å². The van der Waals surface area contributed by atoms with Crippen molar-refractivity contribution in [1.29, 1.82) is 0 Å². The number of carbonyl (C=O) groups is 1. The van der Waals surface area contributed by atoms with Crippen LogP contribution in [0.4, 0.5) is 5.82 Å². The number of hydrogen-bond acceptors (Lipinski definition) is 4. The molecule has 0 spiro atoms. The molecule has 0 aliphatic heterocycles. The molecule has 0 fully saturated rings. The van der Waals surface area contributed by atoms with E-state index in [4.69, 9.17) is 11.6 Å². The maximum absolute atomic E-state index is 10.7. The third-order valence-electron chi connectivity index (χ3n) is 1.45. The lowest BCUT2D eigenvalue weighted by atomic mass is 10.1. The first-order chi connectivity index (χ1) is 6.44. The van der Waals surface area contributed by atoms with E-state index in [0.29, 0.717) is 17.7 Å². The minimum absolute atomic E-state index is 0.168. The average molecular weight is 214 g/mol. The summed E-state index contributed by atoms with van der Waals surface area (Å²) in [6.45, 7) is 5.91. The fraction of sp³-hybridized carbons (Fsp3) is 0.444. The number of aromatic nitrogens is 2. The first-order valence-electron chi connectivity index (χ1n) is 4.18. The molecule has 0 unspecified atom stereocenters. The summed E-state index contributed by atoms with van der Waals surface area (Å²) in [6.07, 6.45) is 1.97. The molecule has 0 aliphatic rings. The van der Waals surface area contributed by atoms with Crippen LogP contribution in [0.25, 0.3) is 0 Å². The lowest BCUT2D eigenvalue weighted by molar-refractivity contribution is 0.112. The Morgan fingerprint density at radius 3 is 2.57 bits per heavy atom. The van der Waals surface area contributed by atoms with E-state index >= 15 is 0 Å². The Kier molecular flexibility index (Phi) is 3.06. The molecule has 0 bridgehead atoms. The molecular formula is C9H12ClN3O. The van der Waals surface area contributed by atoms with E-state index in [0.717, 1.165) is 0 Å². The molecule has 1 aromatic rings. The molecular weight excluding hydrogens is 202 g/mol. The molecule has 1 rings (SSSR count). The van der Waals surface area contributed by atoms with E-state index in [2.05, 4.69) is 15.3 Å².